The largest absolute Gasteiger partial charge is 0.354 e. The minimum atomic E-state index is 0. The Balaban J connectivity index is 0.00000256. The first-order chi connectivity index (χ1) is 7.83. The lowest BCUT2D eigenvalue weighted by molar-refractivity contribution is -0.118. The highest BCUT2D eigenvalue weighted by molar-refractivity contribution is 7.99. The molecule has 0 unspecified atom stereocenters. The Labute approximate surface area is 115 Å². The Hall–Kier alpha value is 0.0700. The number of nitrogens with one attached hydrogen (secondary N) is 2. The molecule has 0 bridgehead atoms. The van der Waals surface area contributed by atoms with Gasteiger partial charge in [0.15, 0.2) is 0 Å². The summed E-state index contributed by atoms with van der Waals surface area (Å²) in [5.41, 5.74) is 0. The number of rotatable bonds is 6. The van der Waals surface area contributed by atoms with Gasteiger partial charge in [0.1, 0.15) is 0 Å². The molecule has 0 aromatic heterocycles. The van der Waals surface area contributed by atoms with E-state index in [0.717, 1.165) is 13.1 Å². The van der Waals surface area contributed by atoms with Gasteiger partial charge in [-0.05, 0) is 19.1 Å². The van der Waals surface area contributed by atoms with Gasteiger partial charge < -0.3 is 10.6 Å². The number of hydrogen-bond donors (Lipinski definition) is 2. The van der Waals surface area contributed by atoms with Crippen molar-refractivity contribution in [1.29, 1.82) is 0 Å². The van der Waals surface area contributed by atoms with E-state index in [1.807, 2.05) is 6.26 Å². The quantitative estimate of drug-likeness (QED) is 0.579. The van der Waals surface area contributed by atoms with Crippen LogP contribution in [0.25, 0.3) is 0 Å². The van der Waals surface area contributed by atoms with Crippen LogP contribution in [0, 0.1) is 0 Å². The van der Waals surface area contributed by atoms with Crippen molar-refractivity contribution in [3.8, 4) is 0 Å². The molecule has 1 aliphatic rings. The molecule has 0 radical (unpaired) electrons. The first-order valence-electron chi connectivity index (χ1n) is 6.32. The van der Waals surface area contributed by atoms with Crippen molar-refractivity contribution in [3.63, 3.8) is 0 Å². The van der Waals surface area contributed by atoms with Gasteiger partial charge in [-0.2, -0.15) is 11.8 Å². The van der Waals surface area contributed by atoms with Crippen molar-refractivity contribution in [1.82, 2.24) is 10.6 Å². The van der Waals surface area contributed by atoms with Gasteiger partial charge in [-0.15, -0.1) is 12.4 Å². The fraction of sp³-hybridized carbons (Fsp3) is 0.917. The monoisotopic (exact) mass is 280 g/mol. The summed E-state index contributed by atoms with van der Waals surface area (Å²) >= 11 is 1.57. The lowest BCUT2D eigenvalue weighted by atomic mass is 10.1. The zero-order chi connectivity index (χ0) is 11.6. The van der Waals surface area contributed by atoms with Crippen LogP contribution in [0.2, 0.25) is 0 Å². The minimum absolute atomic E-state index is 0. The van der Waals surface area contributed by atoms with E-state index < -0.39 is 0 Å². The van der Waals surface area contributed by atoms with Gasteiger partial charge in [0.25, 0.3) is 0 Å². The normalized spacial score (nSPS) is 17.0. The standard InChI is InChI=1S/C12H24N2OS.ClH/c1-16-10-12(15)14-9-8-13-11-6-4-2-3-5-7-11;/h11,13H,2-10H2,1H3,(H,14,15);1H. The summed E-state index contributed by atoms with van der Waals surface area (Å²) < 4.78 is 0. The van der Waals surface area contributed by atoms with Crippen LogP contribution in [0.4, 0.5) is 0 Å². The van der Waals surface area contributed by atoms with Crippen LogP contribution < -0.4 is 10.6 Å². The molecule has 0 aliphatic heterocycles. The smallest absolute Gasteiger partial charge is 0.230 e. The number of carbonyl (C=O) groups is 1. The molecule has 1 amide bonds. The summed E-state index contributed by atoms with van der Waals surface area (Å²) in [5.74, 6) is 0.721. The van der Waals surface area contributed by atoms with Crippen molar-refractivity contribution in [2.45, 2.75) is 44.6 Å². The Morgan fingerprint density at radius 3 is 2.41 bits per heavy atom. The lowest BCUT2D eigenvalue weighted by Crippen LogP contribution is -2.37. The first-order valence-corrected chi connectivity index (χ1v) is 7.71. The average Bonchev–Trinajstić information content (AvgIpc) is 2.53. The van der Waals surface area contributed by atoms with Crippen LogP contribution in [0.3, 0.4) is 0 Å². The summed E-state index contributed by atoms with van der Waals surface area (Å²) in [5, 5.41) is 6.45. The highest BCUT2D eigenvalue weighted by Gasteiger charge is 2.10. The number of amides is 1. The number of halogens is 1. The van der Waals surface area contributed by atoms with Gasteiger partial charge >= 0.3 is 0 Å². The Kier molecular flexibility index (Phi) is 11.2. The molecule has 0 spiro atoms. The summed E-state index contributed by atoms with van der Waals surface area (Å²) in [6.45, 7) is 1.67. The van der Waals surface area contributed by atoms with Crippen molar-refractivity contribution >= 4 is 30.1 Å². The maximum atomic E-state index is 11.2. The average molecular weight is 281 g/mol. The van der Waals surface area contributed by atoms with E-state index >= 15 is 0 Å². The molecular weight excluding hydrogens is 256 g/mol. The fourth-order valence-electron chi connectivity index (χ4n) is 2.14. The molecule has 1 rings (SSSR count). The van der Waals surface area contributed by atoms with Gasteiger partial charge in [0, 0.05) is 19.1 Å². The highest BCUT2D eigenvalue weighted by Crippen LogP contribution is 2.16. The van der Waals surface area contributed by atoms with Gasteiger partial charge in [-0.3, -0.25) is 4.79 Å². The maximum absolute atomic E-state index is 11.2. The molecule has 2 N–H and O–H groups in total. The molecule has 0 aromatic rings. The van der Waals surface area contributed by atoms with E-state index in [0.29, 0.717) is 11.8 Å². The van der Waals surface area contributed by atoms with E-state index in [4.69, 9.17) is 0 Å². The van der Waals surface area contributed by atoms with Gasteiger partial charge in [0.05, 0.1) is 5.75 Å². The molecule has 102 valence electrons. The number of hydrogen-bond acceptors (Lipinski definition) is 3. The van der Waals surface area contributed by atoms with Gasteiger partial charge in [0.2, 0.25) is 5.91 Å². The van der Waals surface area contributed by atoms with Gasteiger partial charge in [-0.25, -0.2) is 0 Å². The van der Waals surface area contributed by atoms with Crippen LogP contribution in [-0.2, 0) is 4.79 Å². The van der Waals surface area contributed by atoms with Crippen molar-refractivity contribution in [2.24, 2.45) is 0 Å². The predicted molar refractivity (Wildman–Crippen MR) is 78.1 cm³/mol. The molecule has 1 aliphatic carbocycles. The second kappa shape index (κ2) is 11.2. The molecule has 1 fully saturated rings. The third-order valence-electron chi connectivity index (χ3n) is 3.01. The van der Waals surface area contributed by atoms with E-state index in [9.17, 15) is 4.79 Å². The van der Waals surface area contributed by atoms with E-state index in [1.54, 1.807) is 11.8 Å². The third kappa shape index (κ3) is 8.75. The molecule has 1 saturated carbocycles. The van der Waals surface area contributed by atoms with Crippen LogP contribution in [0.15, 0.2) is 0 Å². The van der Waals surface area contributed by atoms with Crippen LogP contribution in [0.5, 0.6) is 0 Å². The van der Waals surface area contributed by atoms with Crippen LogP contribution in [0.1, 0.15) is 38.5 Å². The zero-order valence-electron chi connectivity index (χ0n) is 10.7. The van der Waals surface area contributed by atoms with Crippen LogP contribution >= 0.6 is 24.2 Å². The Morgan fingerprint density at radius 2 is 1.82 bits per heavy atom. The van der Waals surface area contributed by atoms with E-state index in [-0.39, 0.29) is 18.3 Å². The summed E-state index contributed by atoms with van der Waals surface area (Å²) in [4.78, 5) is 11.2. The predicted octanol–water partition coefficient (Wildman–Crippen LogP) is 2.20. The van der Waals surface area contributed by atoms with E-state index in [2.05, 4.69) is 10.6 Å². The molecule has 3 nitrogen and oxygen atoms in total. The molecule has 5 heteroatoms. The fourth-order valence-corrected chi connectivity index (χ4v) is 2.51. The van der Waals surface area contributed by atoms with Crippen molar-refractivity contribution < 1.29 is 4.79 Å². The van der Waals surface area contributed by atoms with Crippen molar-refractivity contribution in [3.05, 3.63) is 0 Å². The summed E-state index contributed by atoms with van der Waals surface area (Å²) in [6.07, 6.45) is 10.1. The molecule has 0 heterocycles. The minimum Gasteiger partial charge on any atom is -0.354 e. The summed E-state index contributed by atoms with van der Waals surface area (Å²) in [6, 6.07) is 0.681. The molecular formula is C12H25ClN2OS. The van der Waals surface area contributed by atoms with E-state index in [1.165, 1.54) is 38.5 Å². The lowest BCUT2D eigenvalue weighted by Gasteiger charge is -2.16. The number of thioether (sulfide) groups is 1. The Bertz CT molecular complexity index is 197. The zero-order valence-corrected chi connectivity index (χ0v) is 12.3. The van der Waals surface area contributed by atoms with Crippen LogP contribution in [-0.4, -0.2) is 37.0 Å². The molecule has 0 atom stereocenters. The maximum Gasteiger partial charge on any atom is 0.230 e. The topological polar surface area (TPSA) is 41.1 Å². The summed E-state index contributed by atoms with van der Waals surface area (Å²) in [7, 11) is 0. The van der Waals surface area contributed by atoms with Crippen molar-refractivity contribution in [2.75, 3.05) is 25.1 Å². The highest BCUT2D eigenvalue weighted by atomic mass is 35.5. The molecule has 0 aromatic carbocycles. The third-order valence-corrected chi connectivity index (χ3v) is 3.56. The second-order valence-corrected chi connectivity index (χ2v) is 5.29. The number of carbonyl (C=O) groups excluding carboxylic acids is 1. The molecule has 0 saturated heterocycles. The van der Waals surface area contributed by atoms with Gasteiger partial charge in [-0.1, -0.05) is 25.7 Å². The second-order valence-electron chi connectivity index (χ2n) is 4.43. The first kappa shape index (κ1) is 17.1. The molecule has 17 heavy (non-hydrogen) atoms. The SMILES string of the molecule is CSCC(=O)NCCNC1CCCCCC1.Cl. The Morgan fingerprint density at radius 1 is 1.18 bits per heavy atom.